The predicted octanol–water partition coefficient (Wildman–Crippen LogP) is 3.53. The summed E-state index contributed by atoms with van der Waals surface area (Å²) < 4.78 is 11.4. The van der Waals surface area contributed by atoms with Gasteiger partial charge in [-0.2, -0.15) is 0 Å². The van der Waals surface area contributed by atoms with Crippen LogP contribution in [0.3, 0.4) is 0 Å². The van der Waals surface area contributed by atoms with Crippen LogP contribution in [0.4, 0.5) is 5.69 Å². The summed E-state index contributed by atoms with van der Waals surface area (Å²) in [4.78, 5) is 9.45. The minimum atomic E-state index is 0.0464. The maximum absolute atomic E-state index is 5.71. The average molecular weight is 437 g/mol. The zero-order chi connectivity index (χ0) is 22.2. The van der Waals surface area contributed by atoms with Crippen LogP contribution in [0.5, 0.6) is 5.75 Å². The number of piperazine rings is 1. The van der Waals surface area contributed by atoms with Crippen LogP contribution in [-0.4, -0.2) is 70.5 Å². The summed E-state index contributed by atoms with van der Waals surface area (Å²) in [5.74, 6) is 1.92. The third-order valence-electron chi connectivity index (χ3n) is 6.72. The molecule has 0 aromatic heterocycles. The molecule has 0 saturated carbocycles. The van der Waals surface area contributed by atoms with Gasteiger partial charge in [-0.05, 0) is 49.6 Å². The molecule has 2 aliphatic rings. The normalized spacial score (nSPS) is 19.0. The smallest absolute Gasteiger partial charge is 0.193 e. The molecule has 1 N–H and O–H groups in total. The van der Waals surface area contributed by atoms with E-state index in [1.807, 2.05) is 14.0 Å². The fourth-order valence-corrected chi connectivity index (χ4v) is 4.80. The van der Waals surface area contributed by atoms with E-state index in [2.05, 4.69) is 74.7 Å². The monoisotopic (exact) mass is 436 g/mol. The Morgan fingerprint density at radius 2 is 1.69 bits per heavy atom. The van der Waals surface area contributed by atoms with E-state index in [1.165, 1.54) is 11.3 Å². The van der Waals surface area contributed by atoms with Gasteiger partial charge in [0.15, 0.2) is 5.96 Å². The van der Waals surface area contributed by atoms with E-state index in [9.17, 15) is 0 Å². The molecule has 0 bridgehead atoms. The summed E-state index contributed by atoms with van der Waals surface area (Å²) in [6, 6.07) is 19.3. The summed E-state index contributed by atoms with van der Waals surface area (Å²) in [7, 11) is 1.89. The number of hydrogen-bond acceptors (Lipinski definition) is 4. The molecule has 0 spiro atoms. The number of para-hydroxylation sites is 1. The fraction of sp³-hybridized carbons (Fsp3) is 0.500. The molecule has 32 heavy (non-hydrogen) atoms. The van der Waals surface area contributed by atoms with Gasteiger partial charge in [0, 0.05) is 64.1 Å². The van der Waals surface area contributed by atoms with Crippen LogP contribution in [0.2, 0.25) is 0 Å². The summed E-state index contributed by atoms with van der Waals surface area (Å²) in [5.41, 5.74) is 2.69. The second-order valence-corrected chi connectivity index (χ2v) is 8.56. The van der Waals surface area contributed by atoms with E-state index in [0.717, 1.165) is 70.5 Å². The van der Waals surface area contributed by atoms with Crippen LogP contribution < -0.4 is 15.0 Å². The lowest BCUT2D eigenvalue weighted by Crippen LogP contribution is -2.55. The van der Waals surface area contributed by atoms with Gasteiger partial charge in [-0.25, -0.2) is 0 Å². The van der Waals surface area contributed by atoms with Crippen LogP contribution in [0.25, 0.3) is 0 Å². The Hall–Kier alpha value is -2.73. The standard InChI is InChI=1S/C26H36N4O2/c1-3-32-24-11-9-22(10-12-24)26(13-19-31-20-14-26)21-28-25(27-2)30-17-15-29(16-18-30)23-7-5-4-6-8-23/h4-12H,3,13-21H2,1-2H3,(H,27,28). The Balaban J connectivity index is 1.40. The zero-order valence-electron chi connectivity index (χ0n) is 19.4. The lowest BCUT2D eigenvalue weighted by Gasteiger charge is -2.41. The molecule has 2 aromatic carbocycles. The van der Waals surface area contributed by atoms with Crippen molar-refractivity contribution in [1.29, 1.82) is 0 Å². The first kappa shape index (κ1) is 22.5. The number of anilines is 1. The highest BCUT2D eigenvalue weighted by atomic mass is 16.5. The molecule has 4 rings (SSSR count). The molecule has 0 aliphatic carbocycles. The first-order chi connectivity index (χ1) is 15.7. The Morgan fingerprint density at radius 3 is 2.31 bits per heavy atom. The highest BCUT2D eigenvalue weighted by Gasteiger charge is 2.35. The minimum absolute atomic E-state index is 0.0464. The van der Waals surface area contributed by atoms with E-state index >= 15 is 0 Å². The van der Waals surface area contributed by atoms with Gasteiger partial charge >= 0.3 is 0 Å². The predicted molar refractivity (Wildman–Crippen MR) is 131 cm³/mol. The molecule has 172 valence electrons. The Kier molecular flexibility index (Phi) is 7.53. The third kappa shape index (κ3) is 5.18. The van der Waals surface area contributed by atoms with Gasteiger partial charge < -0.3 is 24.6 Å². The van der Waals surface area contributed by atoms with E-state index in [-0.39, 0.29) is 5.41 Å². The Labute approximate surface area is 192 Å². The number of ether oxygens (including phenoxy) is 2. The molecule has 2 aliphatic heterocycles. The van der Waals surface area contributed by atoms with Crippen LogP contribution in [0.15, 0.2) is 59.6 Å². The number of guanidine groups is 1. The number of hydrogen-bond donors (Lipinski definition) is 1. The largest absolute Gasteiger partial charge is 0.494 e. The first-order valence-electron chi connectivity index (χ1n) is 11.8. The van der Waals surface area contributed by atoms with E-state index in [4.69, 9.17) is 9.47 Å². The maximum atomic E-state index is 5.71. The quantitative estimate of drug-likeness (QED) is 0.555. The summed E-state index contributed by atoms with van der Waals surface area (Å²) in [6.07, 6.45) is 2.01. The second kappa shape index (κ2) is 10.7. The van der Waals surface area contributed by atoms with Crippen molar-refractivity contribution >= 4 is 11.6 Å². The van der Waals surface area contributed by atoms with Crippen molar-refractivity contribution in [3.05, 3.63) is 60.2 Å². The molecule has 6 nitrogen and oxygen atoms in total. The van der Waals surface area contributed by atoms with E-state index < -0.39 is 0 Å². The molecule has 2 aromatic rings. The van der Waals surface area contributed by atoms with Gasteiger partial charge in [-0.1, -0.05) is 30.3 Å². The van der Waals surface area contributed by atoms with Crippen LogP contribution >= 0.6 is 0 Å². The number of aliphatic imine (C=N–C) groups is 1. The van der Waals surface area contributed by atoms with Gasteiger partial charge in [-0.15, -0.1) is 0 Å². The molecule has 2 saturated heterocycles. The molecule has 0 radical (unpaired) electrons. The summed E-state index contributed by atoms with van der Waals surface area (Å²) >= 11 is 0. The number of nitrogens with one attached hydrogen (secondary N) is 1. The SMILES string of the molecule is CCOc1ccc(C2(CNC(=NC)N3CCN(c4ccccc4)CC3)CCOCC2)cc1. The van der Waals surface area contributed by atoms with Crippen LogP contribution in [0.1, 0.15) is 25.3 Å². The van der Waals surface area contributed by atoms with Gasteiger partial charge in [0.1, 0.15) is 5.75 Å². The number of nitrogens with zero attached hydrogens (tertiary/aromatic N) is 3. The third-order valence-corrected chi connectivity index (χ3v) is 6.72. The van der Waals surface area contributed by atoms with Gasteiger partial charge in [-0.3, -0.25) is 4.99 Å². The fourth-order valence-electron chi connectivity index (χ4n) is 4.80. The zero-order valence-corrected chi connectivity index (χ0v) is 19.4. The minimum Gasteiger partial charge on any atom is -0.494 e. The summed E-state index contributed by atoms with van der Waals surface area (Å²) in [6.45, 7) is 9.09. The topological polar surface area (TPSA) is 49.3 Å². The molecule has 0 amide bonds. The lowest BCUT2D eigenvalue weighted by atomic mass is 9.74. The summed E-state index contributed by atoms with van der Waals surface area (Å²) in [5, 5.41) is 3.71. The van der Waals surface area contributed by atoms with Crippen molar-refractivity contribution in [3.63, 3.8) is 0 Å². The number of rotatable bonds is 6. The Bertz CT molecular complexity index is 855. The van der Waals surface area contributed by atoms with Crippen molar-refractivity contribution in [1.82, 2.24) is 10.2 Å². The van der Waals surface area contributed by atoms with Gasteiger partial charge in [0.2, 0.25) is 0 Å². The van der Waals surface area contributed by atoms with Crippen molar-refractivity contribution in [3.8, 4) is 5.75 Å². The number of benzene rings is 2. The highest BCUT2D eigenvalue weighted by Crippen LogP contribution is 2.35. The lowest BCUT2D eigenvalue weighted by molar-refractivity contribution is 0.0511. The van der Waals surface area contributed by atoms with Crippen LogP contribution in [0, 0.1) is 0 Å². The van der Waals surface area contributed by atoms with Crippen molar-refractivity contribution in [2.45, 2.75) is 25.2 Å². The molecule has 2 heterocycles. The second-order valence-electron chi connectivity index (χ2n) is 8.56. The van der Waals surface area contributed by atoms with Crippen molar-refractivity contribution < 1.29 is 9.47 Å². The van der Waals surface area contributed by atoms with Gasteiger partial charge in [0.25, 0.3) is 0 Å². The first-order valence-corrected chi connectivity index (χ1v) is 11.8. The van der Waals surface area contributed by atoms with Gasteiger partial charge in [0.05, 0.1) is 6.61 Å². The van der Waals surface area contributed by atoms with Crippen molar-refractivity contribution in [2.24, 2.45) is 4.99 Å². The molecular formula is C26H36N4O2. The molecule has 6 heteroatoms. The van der Waals surface area contributed by atoms with Crippen LogP contribution in [-0.2, 0) is 10.2 Å². The molecular weight excluding hydrogens is 400 g/mol. The molecule has 0 unspecified atom stereocenters. The van der Waals surface area contributed by atoms with E-state index in [1.54, 1.807) is 0 Å². The average Bonchev–Trinajstić information content (AvgIpc) is 2.86. The Morgan fingerprint density at radius 1 is 1.00 bits per heavy atom. The van der Waals surface area contributed by atoms with Crippen molar-refractivity contribution in [2.75, 3.05) is 64.5 Å². The molecule has 2 fully saturated rings. The maximum Gasteiger partial charge on any atom is 0.193 e. The molecule has 0 atom stereocenters. The van der Waals surface area contributed by atoms with E-state index in [0.29, 0.717) is 6.61 Å². The highest BCUT2D eigenvalue weighted by molar-refractivity contribution is 5.80.